The van der Waals surface area contributed by atoms with Crippen LogP contribution in [-0.4, -0.2) is 177 Å². The average molecular weight is 773 g/mol. The summed E-state index contributed by atoms with van der Waals surface area (Å²) in [6.07, 6.45) is -26.3. The minimum Gasteiger partial charge on any atom is -0.507 e. The van der Waals surface area contributed by atoms with E-state index in [9.17, 15) is 76.3 Å². The van der Waals surface area contributed by atoms with E-state index in [1.54, 1.807) is 0 Å². The molecule has 4 heterocycles. The molecule has 3 fully saturated rings. The van der Waals surface area contributed by atoms with Gasteiger partial charge in [-0.2, -0.15) is 0 Å². The van der Waals surface area contributed by atoms with Crippen LogP contribution in [0.5, 0.6) is 23.0 Å². The lowest BCUT2D eigenvalue weighted by Crippen LogP contribution is -2.65. The van der Waals surface area contributed by atoms with Gasteiger partial charge in [0.1, 0.15) is 101 Å². The topological polar surface area (TPSA) is 360 Å². The predicted octanol–water partition coefficient (Wildman–Crippen LogP) is -4.91. The van der Waals surface area contributed by atoms with Gasteiger partial charge in [0, 0.05) is 17.7 Å². The Morgan fingerprint density at radius 2 is 1.19 bits per heavy atom. The summed E-state index contributed by atoms with van der Waals surface area (Å²) in [5, 5.41) is 144. The molecule has 14 N–H and O–H groups in total. The minimum absolute atomic E-state index is 0.0280. The Hall–Kier alpha value is -3.75. The van der Waals surface area contributed by atoms with Gasteiger partial charge < -0.3 is 99.6 Å². The highest BCUT2D eigenvalue weighted by atomic mass is 16.8. The van der Waals surface area contributed by atoms with Crippen LogP contribution in [0.1, 0.15) is 11.7 Å². The lowest BCUT2D eigenvalue weighted by atomic mass is 9.89. The van der Waals surface area contributed by atoms with Crippen molar-refractivity contribution in [3.63, 3.8) is 0 Å². The molecule has 0 aliphatic carbocycles. The molecule has 0 amide bonds. The molecule has 0 bridgehead atoms. The molecule has 3 aliphatic rings. The van der Waals surface area contributed by atoms with Gasteiger partial charge in [0.25, 0.3) is 0 Å². The number of aliphatic hydroxyl groups is 11. The third-order valence-electron chi connectivity index (χ3n) is 9.64. The van der Waals surface area contributed by atoms with Gasteiger partial charge in [-0.1, -0.05) is 0 Å². The van der Waals surface area contributed by atoms with E-state index in [0.717, 1.165) is 24.3 Å². The second-order valence-corrected chi connectivity index (χ2v) is 13.1. The zero-order valence-corrected chi connectivity index (χ0v) is 27.8. The van der Waals surface area contributed by atoms with Crippen molar-refractivity contribution in [1.29, 1.82) is 0 Å². The highest BCUT2D eigenvalue weighted by Gasteiger charge is 2.52. The third-order valence-corrected chi connectivity index (χ3v) is 9.64. The van der Waals surface area contributed by atoms with Crippen molar-refractivity contribution in [3.05, 3.63) is 46.1 Å². The van der Waals surface area contributed by atoms with Crippen molar-refractivity contribution < 1.29 is 99.6 Å². The summed E-state index contributed by atoms with van der Waals surface area (Å²) in [5.74, 6) is -2.87. The van der Waals surface area contributed by atoms with E-state index in [1.165, 1.54) is 6.07 Å². The molecule has 21 nitrogen and oxygen atoms in total. The van der Waals surface area contributed by atoms with E-state index < -0.39 is 151 Å². The number of ether oxygens (including phenoxy) is 5. The van der Waals surface area contributed by atoms with E-state index in [0.29, 0.717) is 0 Å². The van der Waals surface area contributed by atoms with Crippen LogP contribution in [0.2, 0.25) is 0 Å². The molecule has 6 rings (SSSR count). The van der Waals surface area contributed by atoms with E-state index in [1.807, 2.05) is 0 Å². The van der Waals surface area contributed by atoms with Gasteiger partial charge >= 0.3 is 0 Å². The number of aliphatic hydroxyl groups excluding tert-OH is 11. The average Bonchev–Trinajstić information content (AvgIpc) is 3.14. The predicted molar refractivity (Wildman–Crippen MR) is 173 cm³/mol. The maximum atomic E-state index is 13.4. The number of rotatable bonds is 9. The number of phenolic OH excluding ortho intramolecular Hbond substituents is 3. The van der Waals surface area contributed by atoms with Crippen molar-refractivity contribution in [2.75, 3.05) is 19.8 Å². The van der Waals surface area contributed by atoms with Crippen LogP contribution in [0.3, 0.4) is 0 Å². The van der Waals surface area contributed by atoms with Gasteiger partial charge in [-0.15, -0.1) is 0 Å². The molecular weight excluding hydrogens is 732 g/mol. The van der Waals surface area contributed by atoms with Gasteiger partial charge in [-0.05, 0) is 18.2 Å². The summed E-state index contributed by atoms with van der Waals surface area (Å²) in [4.78, 5) is 13.4. The van der Waals surface area contributed by atoms with Crippen molar-refractivity contribution in [2.24, 2.45) is 0 Å². The summed E-state index contributed by atoms with van der Waals surface area (Å²) in [7, 11) is 0. The molecule has 2 aromatic carbocycles. The minimum atomic E-state index is -1.94. The SMILES string of the molecule is O=c1cc(-c2ccc(O)c(O[C@@H]3OC(CO)[C@@H](O)[C@H](O)C3O[C@@H]3OC(CO)[C@@H](O)[C@H](O)C3O)c2)oc2cc(O)c([C@@H]3OC(CO)[C@@H](O)[C@H](O)C3O)c(O)c12. The maximum Gasteiger partial charge on any atom is 0.229 e. The molecule has 6 unspecified atom stereocenters. The molecular formula is C33H40O21. The molecule has 15 atom stereocenters. The summed E-state index contributed by atoms with van der Waals surface area (Å²) >= 11 is 0. The van der Waals surface area contributed by atoms with Crippen molar-refractivity contribution in [2.45, 2.75) is 91.9 Å². The Balaban J connectivity index is 1.32. The van der Waals surface area contributed by atoms with Gasteiger partial charge in [-0.3, -0.25) is 4.79 Å². The second kappa shape index (κ2) is 15.8. The van der Waals surface area contributed by atoms with Crippen LogP contribution in [0, 0.1) is 0 Å². The molecule has 3 aromatic rings. The van der Waals surface area contributed by atoms with Crippen LogP contribution < -0.4 is 10.2 Å². The fraction of sp³-hybridized carbons (Fsp3) is 0.545. The monoisotopic (exact) mass is 772 g/mol. The molecule has 21 heteroatoms. The van der Waals surface area contributed by atoms with E-state index in [2.05, 4.69) is 0 Å². The first-order valence-corrected chi connectivity index (χ1v) is 16.5. The Labute approximate surface area is 302 Å². The number of hydrogen-bond acceptors (Lipinski definition) is 21. The Bertz CT molecular complexity index is 1850. The Morgan fingerprint density at radius 1 is 0.611 bits per heavy atom. The first-order valence-electron chi connectivity index (χ1n) is 16.5. The molecule has 0 spiro atoms. The van der Waals surface area contributed by atoms with E-state index in [-0.39, 0.29) is 16.9 Å². The Kier molecular flexibility index (Phi) is 11.7. The summed E-state index contributed by atoms with van der Waals surface area (Å²) in [6.45, 7) is -2.45. The van der Waals surface area contributed by atoms with Crippen LogP contribution in [0.15, 0.2) is 39.5 Å². The van der Waals surface area contributed by atoms with Gasteiger partial charge in [0.05, 0.1) is 25.4 Å². The Morgan fingerprint density at radius 3 is 1.81 bits per heavy atom. The van der Waals surface area contributed by atoms with E-state index >= 15 is 0 Å². The fourth-order valence-corrected chi connectivity index (χ4v) is 6.59. The number of hydrogen-bond donors (Lipinski definition) is 14. The van der Waals surface area contributed by atoms with Gasteiger partial charge in [0.15, 0.2) is 29.3 Å². The van der Waals surface area contributed by atoms with Gasteiger partial charge in [0.2, 0.25) is 6.29 Å². The van der Waals surface area contributed by atoms with Crippen molar-refractivity contribution in [3.8, 4) is 34.3 Å². The quantitative estimate of drug-likeness (QED) is 0.0969. The molecule has 54 heavy (non-hydrogen) atoms. The van der Waals surface area contributed by atoms with Crippen molar-refractivity contribution >= 4 is 11.0 Å². The number of fused-ring (bicyclic) bond motifs is 1. The van der Waals surface area contributed by atoms with Crippen LogP contribution >= 0.6 is 0 Å². The lowest BCUT2D eigenvalue weighted by molar-refractivity contribution is -0.358. The summed E-state index contributed by atoms with van der Waals surface area (Å²) < 4.78 is 33.6. The molecule has 1 aromatic heterocycles. The maximum absolute atomic E-state index is 13.4. The number of phenols is 3. The number of aromatic hydroxyl groups is 3. The lowest BCUT2D eigenvalue weighted by Gasteiger charge is -2.45. The smallest absolute Gasteiger partial charge is 0.229 e. The second-order valence-electron chi connectivity index (χ2n) is 13.1. The van der Waals surface area contributed by atoms with Gasteiger partial charge in [-0.25, -0.2) is 0 Å². The standard InChI is InChI=1S/C33H40O21/c34-6-16-21(40)25(44)28(47)30(50-16)20-12(39)5-15-19(24(20)43)11(38)4-13(49-15)9-1-2-10(37)14(3-9)51-33-31(27(46)23(42)18(8-36)53-33)54-32-29(48)26(45)22(41)17(7-35)52-32/h1-5,16-18,21-23,25-37,39-48H,6-8H2/t16?,17?,18?,21-,22-,23-,25+,26+,27+,28?,29?,30+,31?,32+,33-/m1/s1. The first-order chi connectivity index (χ1) is 25.6. The fourth-order valence-electron chi connectivity index (χ4n) is 6.59. The molecule has 3 aliphatic heterocycles. The summed E-state index contributed by atoms with van der Waals surface area (Å²) in [5.41, 5.74) is -1.79. The summed E-state index contributed by atoms with van der Waals surface area (Å²) in [6, 6.07) is 5.31. The highest BCUT2D eigenvalue weighted by Crippen LogP contribution is 2.45. The van der Waals surface area contributed by atoms with E-state index in [4.69, 9.17) is 28.1 Å². The normalized spacial score (nSPS) is 37.4. The zero-order valence-electron chi connectivity index (χ0n) is 27.8. The number of benzene rings is 2. The molecule has 0 saturated carbocycles. The molecule has 298 valence electrons. The zero-order chi connectivity index (χ0) is 39.3. The van der Waals surface area contributed by atoms with Crippen molar-refractivity contribution in [1.82, 2.24) is 0 Å². The van der Waals surface area contributed by atoms with Crippen LogP contribution in [-0.2, 0) is 18.9 Å². The van der Waals surface area contributed by atoms with Crippen LogP contribution in [0.25, 0.3) is 22.3 Å². The first kappa shape index (κ1) is 39.9. The molecule has 0 radical (unpaired) electrons. The van der Waals surface area contributed by atoms with Crippen LogP contribution in [0.4, 0.5) is 0 Å². The largest absolute Gasteiger partial charge is 0.507 e. The molecule has 3 saturated heterocycles. The highest BCUT2D eigenvalue weighted by molar-refractivity contribution is 5.88. The third kappa shape index (κ3) is 7.09.